The smallest absolute Gasteiger partial charge is 0.206 e. The standard InChI is InChI=1S/C6H11F2NO2S/c1-5-2-3-9(4-5)12(10,11)6(7)8/h5-6H,2-4H2,1H3/t5-/m1/s1. The second-order valence-electron chi connectivity index (χ2n) is 3.06. The maximum absolute atomic E-state index is 12.0. The molecule has 1 aliphatic heterocycles. The average Bonchev–Trinajstić information content (AvgIpc) is 2.35. The zero-order chi connectivity index (χ0) is 9.35. The van der Waals surface area contributed by atoms with Crippen LogP contribution in [0.3, 0.4) is 0 Å². The topological polar surface area (TPSA) is 37.4 Å². The fourth-order valence-corrected chi connectivity index (χ4v) is 2.29. The van der Waals surface area contributed by atoms with Gasteiger partial charge in [0.05, 0.1) is 0 Å². The summed E-state index contributed by atoms with van der Waals surface area (Å²) >= 11 is 0. The number of halogens is 2. The van der Waals surface area contributed by atoms with Gasteiger partial charge in [-0.25, -0.2) is 8.42 Å². The molecular weight excluding hydrogens is 188 g/mol. The molecule has 0 amide bonds. The summed E-state index contributed by atoms with van der Waals surface area (Å²) in [4.78, 5) is 0. The van der Waals surface area contributed by atoms with Crippen molar-refractivity contribution in [2.45, 2.75) is 19.1 Å². The zero-order valence-corrected chi connectivity index (χ0v) is 7.52. The highest BCUT2D eigenvalue weighted by Gasteiger charge is 2.35. The summed E-state index contributed by atoms with van der Waals surface area (Å²) in [7, 11) is -4.31. The van der Waals surface area contributed by atoms with Crippen LogP contribution in [0.15, 0.2) is 0 Å². The first kappa shape index (κ1) is 9.85. The van der Waals surface area contributed by atoms with Gasteiger partial charge in [-0.1, -0.05) is 6.92 Å². The molecule has 72 valence electrons. The maximum Gasteiger partial charge on any atom is 0.350 e. The van der Waals surface area contributed by atoms with Gasteiger partial charge >= 0.3 is 5.76 Å². The number of alkyl halides is 2. The number of nitrogens with zero attached hydrogens (tertiary/aromatic N) is 1. The van der Waals surface area contributed by atoms with Gasteiger partial charge in [0.2, 0.25) is 0 Å². The molecule has 1 saturated heterocycles. The van der Waals surface area contributed by atoms with E-state index in [-0.39, 0.29) is 19.0 Å². The Balaban J connectivity index is 2.71. The zero-order valence-electron chi connectivity index (χ0n) is 6.70. The first-order valence-corrected chi connectivity index (χ1v) is 5.22. The molecule has 1 atom stereocenters. The summed E-state index contributed by atoms with van der Waals surface area (Å²) in [6, 6.07) is 0. The van der Waals surface area contributed by atoms with Crippen molar-refractivity contribution in [2.24, 2.45) is 5.92 Å². The Bertz CT molecular complexity index is 252. The molecule has 1 rings (SSSR count). The van der Waals surface area contributed by atoms with Crippen molar-refractivity contribution in [3.8, 4) is 0 Å². The van der Waals surface area contributed by atoms with Crippen molar-refractivity contribution >= 4 is 10.0 Å². The summed E-state index contributed by atoms with van der Waals surface area (Å²) in [5, 5.41) is 0. The van der Waals surface area contributed by atoms with Crippen molar-refractivity contribution in [2.75, 3.05) is 13.1 Å². The van der Waals surface area contributed by atoms with E-state index in [1.165, 1.54) is 0 Å². The molecule has 3 nitrogen and oxygen atoms in total. The van der Waals surface area contributed by atoms with Crippen molar-refractivity contribution in [1.29, 1.82) is 0 Å². The molecule has 0 aromatic rings. The van der Waals surface area contributed by atoms with Gasteiger partial charge in [0.15, 0.2) is 0 Å². The van der Waals surface area contributed by atoms with Crippen molar-refractivity contribution in [3.63, 3.8) is 0 Å². The molecule has 0 bridgehead atoms. The van der Waals surface area contributed by atoms with E-state index < -0.39 is 15.8 Å². The van der Waals surface area contributed by atoms with Gasteiger partial charge in [0.1, 0.15) is 0 Å². The maximum atomic E-state index is 12.0. The Hall–Kier alpha value is -0.230. The number of hydrogen-bond acceptors (Lipinski definition) is 2. The van der Waals surface area contributed by atoms with Crippen LogP contribution in [-0.4, -0.2) is 31.6 Å². The minimum Gasteiger partial charge on any atom is -0.206 e. The summed E-state index contributed by atoms with van der Waals surface area (Å²) in [5.74, 6) is -3.08. The van der Waals surface area contributed by atoms with Crippen LogP contribution in [0.25, 0.3) is 0 Å². The Labute approximate surface area is 70.4 Å². The molecule has 1 fully saturated rings. The van der Waals surface area contributed by atoms with Crippen LogP contribution in [0.5, 0.6) is 0 Å². The predicted molar refractivity (Wildman–Crippen MR) is 40.3 cm³/mol. The average molecular weight is 199 g/mol. The highest BCUT2D eigenvalue weighted by molar-refractivity contribution is 7.89. The Morgan fingerprint density at radius 3 is 2.42 bits per heavy atom. The van der Waals surface area contributed by atoms with E-state index in [1.54, 1.807) is 0 Å². The molecule has 6 heteroatoms. The third-order valence-electron chi connectivity index (χ3n) is 1.97. The van der Waals surface area contributed by atoms with Crippen molar-refractivity contribution in [3.05, 3.63) is 0 Å². The SMILES string of the molecule is C[C@@H]1CCN(S(=O)(=O)C(F)F)C1. The Morgan fingerprint density at radius 2 is 2.08 bits per heavy atom. The molecule has 0 aromatic heterocycles. The summed E-state index contributed by atoms with van der Waals surface area (Å²) in [6.45, 7) is 2.31. The van der Waals surface area contributed by atoms with Crippen LogP contribution < -0.4 is 0 Å². The fraction of sp³-hybridized carbons (Fsp3) is 1.00. The molecule has 0 unspecified atom stereocenters. The number of sulfonamides is 1. The molecule has 0 saturated carbocycles. The van der Waals surface area contributed by atoms with E-state index in [9.17, 15) is 17.2 Å². The quantitative estimate of drug-likeness (QED) is 0.662. The lowest BCUT2D eigenvalue weighted by Gasteiger charge is -2.14. The minimum atomic E-state index is -4.31. The van der Waals surface area contributed by atoms with Gasteiger partial charge in [-0.3, -0.25) is 0 Å². The summed E-state index contributed by atoms with van der Waals surface area (Å²) in [6.07, 6.45) is 0.673. The van der Waals surface area contributed by atoms with Crippen LogP contribution in [0.2, 0.25) is 0 Å². The second-order valence-corrected chi connectivity index (χ2v) is 4.96. The normalized spacial score (nSPS) is 26.8. The van der Waals surface area contributed by atoms with Crippen LogP contribution in [0, 0.1) is 5.92 Å². The third kappa shape index (κ3) is 1.74. The molecule has 1 heterocycles. The number of hydrogen-bond donors (Lipinski definition) is 0. The first-order valence-electron chi connectivity index (χ1n) is 3.71. The van der Waals surface area contributed by atoms with Gasteiger partial charge in [-0.2, -0.15) is 13.1 Å². The lowest BCUT2D eigenvalue weighted by Crippen LogP contribution is -2.33. The van der Waals surface area contributed by atoms with Gasteiger partial charge in [0, 0.05) is 13.1 Å². The predicted octanol–water partition coefficient (Wildman–Crippen LogP) is 0.881. The summed E-state index contributed by atoms with van der Waals surface area (Å²) < 4.78 is 46.5. The fourth-order valence-electron chi connectivity index (χ4n) is 1.24. The molecule has 0 aromatic carbocycles. The molecule has 12 heavy (non-hydrogen) atoms. The molecule has 1 aliphatic rings. The summed E-state index contributed by atoms with van der Waals surface area (Å²) in [5.41, 5.74) is 0. The van der Waals surface area contributed by atoms with E-state index in [0.29, 0.717) is 6.42 Å². The van der Waals surface area contributed by atoms with E-state index in [4.69, 9.17) is 0 Å². The molecule has 0 radical (unpaired) electrons. The molecule has 0 N–H and O–H groups in total. The largest absolute Gasteiger partial charge is 0.350 e. The lowest BCUT2D eigenvalue weighted by atomic mass is 10.2. The Kier molecular flexibility index (Phi) is 2.67. The second kappa shape index (κ2) is 3.26. The van der Waals surface area contributed by atoms with E-state index in [1.807, 2.05) is 6.92 Å². The lowest BCUT2D eigenvalue weighted by molar-refractivity contribution is 0.222. The van der Waals surface area contributed by atoms with Gasteiger partial charge < -0.3 is 0 Å². The van der Waals surface area contributed by atoms with Crippen LogP contribution in [-0.2, 0) is 10.0 Å². The van der Waals surface area contributed by atoms with Crippen molar-refractivity contribution in [1.82, 2.24) is 4.31 Å². The monoisotopic (exact) mass is 199 g/mol. The highest BCUT2D eigenvalue weighted by Crippen LogP contribution is 2.21. The highest BCUT2D eigenvalue weighted by atomic mass is 32.2. The minimum absolute atomic E-state index is 0.193. The molecular formula is C6H11F2NO2S. The third-order valence-corrected chi connectivity index (χ3v) is 3.47. The van der Waals surface area contributed by atoms with Gasteiger partial charge in [-0.15, -0.1) is 0 Å². The van der Waals surface area contributed by atoms with Crippen molar-refractivity contribution < 1.29 is 17.2 Å². The van der Waals surface area contributed by atoms with Crippen LogP contribution >= 0.6 is 0 Å². The number of rotatable bonds is 2. The van der Waals surface area contributed by atoms with Crippen LogP contribution in [0.1, 0.15) is 13.3 Å². The van der Waals surface area contributed by atoms with E-state index >= 15 is 0 Å². The molecule has 0 spiro atoms. The van der Waals surface area contributed by atoms with Gasteiger partial charge in [0.25, 0.3) is 10.0 Å². The Morgan fingerprint density at radius 1 is 1.50 bits per heavy atom. The molecule has 0 aliphatic carbocycles. The first-order chi connectivity index (χ1) is 5.44. The van der Waals surface area contributed by atoms with Crippen LogP contribution in [0.4, 0.5) is 8.78 Å². The van der Waals surface area contributed by atoms with E-state index in [0.717, 1.165) is 4.31 Å². The van der Waals surface area contributed by atoms with Gasteiger partial charge in [-0.05, 0) is 12.3 Å². The van der Waals surface area contributed by atoms with E-state index in [2.05, 4.69) is 0 Å².